The molecule has 1 aromatic carbocycles. The van der Waals surface area contributed by atoms with Crippen LogP contribution in [0.15, 0.2) is 18.2 Å². The van der Waals surface area contributed by atoms with Crippen molar-refractivity contribution in [2.24, 2.45) is 11.1 Å². The number of hydrogen-bond acceptors (Lipinski definition) is 2. The van der Waals surface area contributed by atoms with Gasteiger partial charge in [-0.15, -0.1) is 0 Å². The van der Waals surface area contributed by atoms with Gasteiger partial charge in [0.15, 0.2) is 0 Å². The van der Waals surface area contributed by atoms with Gasteiger partial charge in [-0.1, -0.05) is 25.1 Å². The van der Waals surface area contributed by atoms with Crippen molar-refractivity contribution in [1.82, 2.24) is 0 Å². The molecule has 16 heavy (non-hydrogen) atoms. The minimum Gasteiger partial charge on any atom is -0.396 e. The molecule has 1 unspecified atom stereocenters. The first kappa shape index (κ1) is 13.2. The van der Waals surface area contributed by atoms with E-state index in [9.17, 15) is 5.11 Å². The van der Waals surface area contributed by atoms with E-state index in [0.717, 1.165) is 12.8 Å². The van der Waals surface area contributed by atoms with Gasteiger partial charge in [0.1, 0.15) is 0 Å². The lowest BCUT2D eigenvalue weighted by atomic mass is 9.78. The Hall–Kier alpha value is -0.860. The molecule has 90 valence electrons. The van der Waals surface area contributed by atoms with Crippen molar-refractivity contribution >= 4 is 0 Å². The minimum absolute atomic E-state index is 0.156. The number of aliphatic hydroxyl groups is 1. The average Bonchev–Trinajstić information content (AvgIpc) is 2.30. The topological polar surface area (TPSA) is 46.2 Å². The predicted molar refractivity (Wildman–Crippen MR) is 68.5 cm³/mol. The molecule has 0 aliphatic rings. The normalized spacial score (nSPS) is 14.8. The molecule has 0 bridgehead atoms. The summed E-state index contributed by atoms with van der Waals surface area (Å²) < 4.78 is 0. The third-order valence-corrected chi connectivity index (χ3v) is 3.71. The Morgan fingerprint density at radius 1 is 1.25 bits per heavy atom. The van der Waals surface area contributed by atoms with E-state index in [4.69, 9.17) is 5.73 Å². The fourth-order valence-corrected chi connectivity index (χ4v) is 2.08. The van der Waals surface area contributed by atoms with Crippen molar-refractivity contribution < 1.29 is 5.11 Å². The van der Waals surface area contributed by atoms with Crippen LogP contribution < -0.4 is 5.73 Å². The summed E-state index contributed by atoms with van der Waals surface area (Å²) in [5, 5.41) is 9.54. The Morgan fingerprint density at radius 3 is 2.19 bits per heavy atom. The third kappa shape index (κ3) is 2.63. The van der Waals surface area contributed by atoms with Crippen LogP contribution in [0.1, 0.15) is 30.0 Å². The van der Waals surface area contributed by atoms with E-state index in [1.807, 2.05) is 0 Å². The van der Waals surface area contributed by atoms with Crippen molar-refractivity contribution in [3.05, 3.63) is 34.9 Å². The Morgan fingerprint density at radius 2 is 1.81 bits per heavy atom. The lowest BCUT2D eigenvalue weighted by molar-refractivity contribution is 0.127. The Balaban J connectivity index is 3.02. The van der Waals surface area contributed by atoms with Crippen LogP contribution in [0.2, 0.25) is 0 Å². The van der Waals surface area contributed by atoms with Crippen molar-refractivity contribution in [1.29, 1.82) is 0 Å². The summed E-state index contributed by atoms with van der Waals surface area (Å²) >= 11 is 0. The zero-order chi connectivity index (χ0) is 12.2. The van der Waals surface area contributed by atoms with Crippen LogP contribution in [-0.2, 0) is 6.42 Å². The largest absolute Gasteiger partial charge is 0.396 e. The van der Waals surface area contributed by atoms with E-state index in [1.165, 1.54) is 16.7 Å². The fourth-order valence-electron chi connectivity index (χ4n) is 2.08. The maximum atomic E-state index is 9.54. The first-order chi connectivity index (χ1) is 7.58. The molecule has 2 nitrogen and oxygen atoms in total. The standard InChI is InChI=1S/C14H23NO/c1-4-14(9-15,10-16)8-13-11(2)6-5-7-12(13)3/h5-7,16H,4,8-10,15H2,1-3H3. The predicted octanol–water partition coefficient (Wildman–Crippen LogP) is 2.19. The number of aliphatic hydroxyl groups excluding tert-OH is 1. The van der Waals surface area contributed by atoms with E-state index in [1.54, 1.807) is 0 Å². The van der Waals surface area contributed by atoms with Crippen LogP contribution in [0, 0.1) is 19.3 Å². The number of hydrogen-bond donors (Lipinski definition) is 2. The van der Waals surface area contributed by atoms with Gasteiger partial charge in [0.2, 0.25) is 0 Å². The van der Waals surface area contributed by atoms with Gasteiger partial charge in [-0.05, 0) is 43.4 Å². The molecule has 0 saturated carbocycles. The summed E-state index contributed by atoms with van der Waals surface area (Å²) in [6, 6.07) is 6.32. The maximum Gasteiger partial charge on any atom is 0.0502 e. The first-order valence-electron chi connectivity index (χ1n) is 5.94. The second-order valence-corrected chi connectivity index (χ2v) is 4.76. The zero-order valence-electron chi connectivity index (χ0n) is 10.6. The molecular weight excluding hydrogens is 198 g/mol. The summed E-state index contributed by atoms with van der Waals surface area (Å²) in [6.07, 6.45) is 1.78. The first-order valence-corrected chi connectivity index (χ1v) is 5.94. The highest BCUT2D eigenvalue weighted by Crippen LogP contribution is 2.28. The second kappa shape index (κ2) is 5.46. The number of aryl methyl sites for hydroxylation is 2. The zero-order valence-corrected chi connectivity index (χ0v) is 10.6. The molecule has 0 spiro atoms. The molecule has 0 fully saturated rings. The van der Waals surface area contributed by atoms with E-state index >= 15 is 0 Å². The van der Waals surface area contributed by atoms with Crippen LogP contribution >= 0.6 is 0 Å². The van der Waals surface area contributed by atoms with Gasteiger partial charge in [0, 0.05) is 12.0 Å². The van der Waals surface area contributed by atoms with Gasteiger partial charge >= 0.3 is 0 Å². The van der Waals surface area contributed by atoms with Crippen molar-refractivity contribution in [2.45, 2.75) is 33.6 Å². The average molecular weight is 221 g/mol. The highest BCUT2D eigenvalue weighted by atomic mass is 16.3. The third-order valence-electron chi connectivity index (χ3n) is 3.71. The summed E-state index contributed by atoms with van der Waals surface area (Å²) in [6.45, 7) is 7.03. The molecule has 1 aromatic rings. The molecule has 0 heterocycles. The van der Waals surface area contributed by atoms with E-state index in [-0.39, 0.29) is 12.0 Å². The van der Waals surface area contributed by atoms with E-state index in [0.29, 0.717) is 6.54 Å². The van der Waals surface area contributed by atoms with Gasteiger partial charge in [-0.2, -0.15) is 0 Å². The van der Waals surface area contributed by atoms with Gasteiger partial charge in [-0.25, -0.2) is 0 Å². The number of nitrogens with two attached hydrogens (primary N) is 1. The van der Waals surface area contributed by atoms with Gasteiger partial charge in [-0.3, -0.25) is 0 Å². The number of benzene rings is 1. The molecule has 0 aliphatic carbocycles. The Kier molecular flexibility index (Phi) is 4.51. The van der Waals surface area contributed by atoms with E-state index < -0.39 is 0 Å². The van der Waals surface area contributed by atoms with Gasteiger partial charge in [0.25, 0.3) is 0 Å². The van der Waals surface area contributed by atoms with Crippen molar-refractivity contribution in [3.8, 4) is 0 Å². The molecule has 2 heteroatoms. The smallest absolute Gasteiger partial charge is 0.0502 e. The van der Waals surface area contributed by atoms with Crippen LogP contribution in [0.4, 0.5) is 0 Å². The molecule has 0 saturated heterocycles. The lowest BCUT2D eigenvalue weighted by Gasteiger charge is -2.30. The Labute approximate surface area is 98.5 Å². The van der Waals surface area contributed by atoms with Crippen LogP contribution in [0.3, 0.4) is 0 Å². The summed E-state index contributed by atoms with van der Waals surface area (Å²) in [7, 11) is 0. The van der Waals surface area contributed by atoms with Crippen LogP contribution in [-0.4, -0.2) is 18.3 Å². The molecule has 1 rings (SSSR count). The SMILES string of the molecule is CCC(CN)(CO)Cc1c(C)cccc1C. The summed E-state index contributed by atoms with van der Waals surface area (Å²) in [5.41, 5.74) is 9.58. The Bertz CT molecular complexity index is 314. The van der Waals surface area contributed by atoms with Gasteiger partial charge in [0.05, 0.1) is 6.61 Å². The van der Waals surface area contributed by atoms with Crippen molar-refractivity contribution in [3.63, 3.8) is 0 Å². The highest BCUT2D eigenvalue weighted by Gasteiger charge is 2.27. The second-order valence-electron chi connectivity index (χ2n) is 4.76. The monoisotopic (exact) mass is 221 g/mol. The van der Waals surface area contributed by atoms with Crippen molar-refractivity contribution in [2.75, 3.05) is 13.2 Å². The molecule has 0 aliphatic heterocycles. The minimum atomic E-state index is -0.156. The molecule has 1 atom stereocenters. The molecule has 0 radical (unpaired) electrons. The molecule has 0 amide bonds. The maximum absolute atomic E-state index is 9.54. The van der Waals surface area contributed by atoms with Crippen LogP contribution in [0.5, 0.6) is 0 Å². The summed E-state index contributed by atoms with van der Waals surface area (Å²) in [5.74, 6) is 0. The van der Waals surface area contributed by atoms with Gasteiger partial charge < -0.3 is 10.8 Å². The van der Waals surface area contributed by atoms with Crippen LogP contribution in [0.25, 0.3) is 0 Å². The molecular formula is C14H23NO. The highest BCUT2D eigenvalue weighted by molar-refractivity contribution is 5.34. The lowest BCUT2D eigenvalue weighted by Crippen LogP contribution is -2.36. The quantitative estimate of drug-likeness (QED) is 0.800. The number of rotatable bonds is 5. The molecule has 0 aromatic heterocycles. The molecule has 3 N–H and O–H groups in total. The fraction of sp³-hybridized carbons (Fsp3) is 0.571. The van der Waals surface area contributed by atoms with E-state index in [2.05, 4.69) is 39.0 Å². The summed E-state index contributed by atoms with van der Waals surface area (Å²) in [4.78, 5) is 0.